The molecular formula is C18H31N5O. The zero-order chi connectivity index (χ0) is 17.5. The number of hydrogen-bond donors (Lipinski definition) is 1. The molecule has 0 radical (unpaired) electrons. The van der Waals surface area contributed by atoms with Crippen LogP contribution in [0, 0.1) is 5.92 Å². The van der Waals surface area contributed by atoms with E-state index in [0.717, 1.165) is 31.9 Å². The average Bonchev–Trinajstić information content (AvgIpc) is 2.58. The third kappa shape index (κ3) is 5.16. The molecule has 1 saturated heterocycles. The topological polar surface area (TPSA) is 61.4 Å². The zero-order valence-electron chi connectivity index (χ0n) is 15.4. The Balaban J connectivity index is 1.82. The Morgan fingerprint density at radius 3 is 2.58 bits per heavy atom. The van der Waals surface area contributed by atoms with Crippen LogP contribution in [0.15, 0.2) is 18.5 Å². The standard InChI is InChI=1S/C18H31N5O/c1-14(2)23(15(3)4)12-10-19-17(24)16-7-5-11-22(13-16)18-20-8-6-9-21-18/h6,8-9,14-16H,5,7,10-13H2,1-4H3,(H,19,24). The van der Waals surface area contributed by atoms with E-state index in [1.807, 2.05) is 6.07 Å². The normalized spacial score (nSPS) is 18.5. The summed E-state index contributed by atoms with van der Waals surface area (Å²) in [5, 5.41) is 3.12. The van der Waals surface area contributed by atoms with Gasteiger partial charge < -0.3 is 10.2 Å². The summed E-state index contributed by atoms with van der Waals surface area (Å²) in [4.78, 5) is 25.6. The summed E-state index contributed by atoms with van der Waals surface area (Å²) >= 11 is 0. The molecule has 0 aromatic carbocycles. The molecule has 1 N–H and O–H groups in total. The van der Waals surface area contributed by atoms with Gasteiger partial charge in [0.1, 0.15) is 0 Å². The monoisotopic (exact) mass is 333 g/mol. The maximum atomic E-state index is 12.5. The van der Waals surface area contributed by atoms with Gasteiger partial charge in [0.05, 0.1) is 5.92 Å². The van der Waals surface area contributed by atoms with Crippen LogP contribution in [0.25, 0.3) is 0 Å². The van der Waals surface area contributed by atoms with E-state index >= 15 is 0 Å². The van der Waals surface area contributed by atoms with Crippen molar-refractivity contribution in [2.45, 2.75) is 52.6 Å². The van der Waals surface area contributed by atoms with Crippen molar-refractivity contribution >= 4 is 11.9 Å². The fourth-order valence-corrected chi connectivity index (χ4v) is 3.39. The Bertz CT molecular complexity index is 497. The fraction of sp³-hybridized carbons (Fsp3) is 0.722. The SMILES string of the molecule is CC(C)N(CCNC(=O)C1CCCN(c2ncccn2)C1)C(C)C. The maximum absolute atomic E-state index is 12.5. The van der Waals surface area contributed by atoms with E-state index < -0.39 is 0 Å². The summed E-state index contributed by atoms with van der Waals surface area (Å²) in [7, 11) is 0. The van der Waals surface area contributed by atoms with Crippen molar-refractivity contribution in [1.29, 1.82) is 0 Å². The van der Waals surface area contributed by atoms with Gasteiger partial charge in [0.15, 0.2) is 0 Å². The van der Waals surface area contributed by atoms with E-state index in [9.17, 15) is 4.79 Å². The average molecular weight is 333 g/mol. The molecule has 6 nitrogen and oxygen atoms in total. The molecule has 1 atom stereocenters. The van der Waals surface area contributed by atoms with Crippen molar-refractivity contribution in [3.05, 3.63) is 18.5 Å². The predicted octanol–water partition coefficient (Wildman–Crippen LogP) is 1.93. The van der Waals surface area contributed by atoms with Crippen LogP contribution in [0.5, 0.6) is 0 Å². The molecule has 1 aromatic heterocycles. The number of amides is 1. The summed E-state index contributed by atoms with van der Waals surface area (Å²) in [6, 6.07) is 2.79. The second-order valence-electron chi connectivity index (χ2n) is 7.05. The van der Waals surface area contributed by atoms with Crippen molar-refractivity contribution in [3.8, 4) is 0 Å². The van der Waals surface area contributed by atoms with Gasteiger partial charge in [-0.25, -0.2) is 9.97 Å². The number of aromatic nitrogens is 2. The minimum atomic E-state index is 0.0223. The molecule has 1 fully saturated rings. The van der Waals surface area contributed by atoms with Crippen molar-refractivity contribution in [1.82, 2.24) is 20.2 Å². The molecule has 1 unspecified atom stereocenters. The van der Waals surface area contributed by atoms with E-state index in [1.165, 1.54) is 0 Å². The van der Waals surface area contributed by atoms with Gasteiger partial charge in [0.2, 0.25) is 11.9 Å². The largest absolute Gasteiger partial charge is 0.355 e. The first-order chi connectivity index (χ1) is 11.5. The second kappa shape index (κ2) is 8.97. The first-order valence-electron chi connectivity index (χ1n) is 9.04. The third-order valence-corrected chi connectivity index (χ3v) is 4.62. The summed E-state index contributed by atoms with van der Waals surface area (Å²) in [5.41, 5.74) is 0. The molecule has 0 aliphatic carbocycles. The second-order valence-corrected chi connectivity index (χ2v) is 7.05. The molecule has 1 aliphatic rings. The number of anilines is 1. The van der Waals surface area contributed by atoms with Crippen LogP contribution < -0.4 is 10.2 Å². The van der Waals surface area contributed by atoms with E-state index in [-0.39, 0.29) is 11.8 Å². The Morgan fingerprint density at radius 1 is 1.29 bits per heavy atom. The summed E-state index contributed by atoms with van der Waals surface area (Å²) in [5.74, 6) is 0.901. The molecule has 2 heterocycles. The lowest BCUT2D eigenvalue weighted by molar-refractivity contribution is -0.125. The predicted molar refractivity (Wildman–Crippen MR) is 97.0 cm³/mol. The number of nitrogens with zero attached hydrogens (tertiary/aromatic N) is 4. The highest BCUT2D eigenvalue weighted by Gasteiger charge is 2.27. The highest BCUT2D eigenvalue weighted by Crippen LogP contribution is 2.20. The molecule has 1 aliphatic heterocycles. The molecule has 1 amide bonds. The molecule has 6 heteroatoms. The first kappa shape index (κ1) is 18.6. The fourth-order valence-electron chi connectivity index (χ4n) is 3.39. The van der Waals surface area contributed by atoms with E-state index in [1.54, 1.807) is 12.4 Å². The smallest absolute Gasteiger partial charge is 0.225 e. The van der Waals surface area contributed by atoms with Crippen molar-refractivity contribution in [2.24, 2.45) is 5.92 Å². The third-order valence-electron chi connectivity index (χ3n) is 4.62. The minimum Gasteiger partial charge on any atom is -0.355 e. The van der Waals surface area contributed by atoms with Gasteiger partial charge in [0.25, 0.3) is 0 Å². The van der Waals surface area contributed by atoms with Gasteiger partial charge in [-0.1, -0.05) is 0 Å². The van der Waals surface area contributed by atoms with Crippen LogP contribution in [0.2, 0.25) is 0 Å². The van der Waals surface area contributed by atoms with Gasteiger partial charge >= 0.3 is 0 Å². The van der Waals surface area contributed by atoms with Crippen LogP contribution in [-0.4, -0.2) is 59.0 Å². The van der Waals surface area contributed by atoms with E-state index in [4.69, 9.17) is 0 Å². The highest BCUT2D eigenvalue weighted by atomic mass is 16.1. The number of rotatable bonds is 7. The van der Waals surface area contributed by atoms with Crippen LogP contribution in [0.3, 0.4) is 0 Å². The lowest BCUT2D eigenvalue weighted by atomic mass is 9.97. The number of piperidine rings is 1. The highest BCUT2D eigenvalue weighted by molar-refractivity contribution is 5.79. The number of carbonyl (C=O) groups is 1. The van der Waals surface area contributed by atoms with Crippen molar-refractivity contribution in [3.63, 3.8) is 0 Å². The summed E-state index contributed by atoms with van der Waals surface area (Å²) < 4.78 is 0. The van der Waals surface area contributed by atoms with Gasteiger partial charge in [-0.2, -0.15) is 0 Å². The van der Waals surface area contributed by atoms with E-state index in [2.05, 4.69) is 52.8 Å². The Hall–Kier alpha value is -1.69. The van der Waals surface area contributed by atoms with Crippen LogP contribution in [0.1, 0.15) is 40.5 Å². The lowest BCUT2D eigenvalue weighted by Crippen LogP contribution is -2.46. The molecule has 0 bridgehead atoms. The van der Waals surface area contributed by atoms with Gasteiger partial charge in [0, 0.05) is 50.7 Å². The van der Waals surface area contributed by atoms with Crippen molar-refractivity contribution in [2.75, 3.05) is 31.1 Å². The van der Waals surface area contributed by atoms with Crippen LogP contribution in [-0.2, 0) is 4.79 Å². The maximum Gasteiger partial charge on any atom is 0.225 e. The minimum absolute atomic E-state index is 0.0223. The molecule has 2 rings (SSSR count). The van der Waals surface area contributed by atoms with Gasteiger partial charge in [-0.3, -0.25) is 9.69 Å². The Labute approximate surface area is 145 Å². The lowest BCUT2D eigenvalue weighted by Gasteiger charge is -2.33. The number of hydrogen-bond acceptors (Lipinski definition) is 5. The van der Waals surface area contributed by atoms with E-state index in [0.29, 0.717) is 25.2 Å². The van der Waals surface area contributed by atoms with Crippen molar-refractivity contribution < 1.29 is 4.79 Å². The van der Waals surface area contributed by atoms with Crippen LogP contribution >= 0.6 is 0 Å². The molecular weight excluding hydrogens is 302 g/mol. The zero-order valence-corrected chi connectivity index (χ0v) is 15.4. The molecule has 24 heavy (non-hydrogen) atoms. The Kier molecular flexibility index (Phi) is 6.97. The van der Waals surface area contributed by atoms with Crippen LogP contribution in [0.4, 0.5) is 5.95 Å². The molecule has 0 saturated carbocycles. The summed E-state index contributed by atoms with van der Waals surface area (Å²) in [6.45, 7) is 12.0. The number of nitrogens with one attached hydrogen (secondary N) is 1. The quantitative estimate of drug-likeness (QED) is 0.826. The first-order valence-corrected chi connectivity index (χ1v) is 9.04. The molecule has 1 aromatic rings. The number of carbonyl (C=O) groups excluding carboxylic acids is 1. The Morgan fingerprint density at radius 2 is 1.96 bits per heavy atom. The molecule has 134 valence electrons. The van der Waals surface area contributed by atoms with Gasteiger partial charge in [-0.15, -0.1) is 0 Å². The summed E-state index contributed by atoms with van der Waals surface area (Å²) in [6.07, 6.45) is 5.44. The molecule has 0 spiro atoms. The van der Waals surface area contributed by atoms with Gasteiger partial charge in [-0.05, 0) is 46.6 Å².